The molecule has 2 aliphatic rings. The Hall–Kier alpha value is -2.25. The molecule has 1 heterocycles. The van der Waals surface area contributed by atoms with Crippen molar-refractivity contribution in [3.63, 3.8) is 0 Å². The van der Waals surface area contributed by atoms with Crippen LogP contribution in [-0.2, 0) is 16.6 Å². The van der Waals surface area contributed by atoms with Gasteiger partial charge in [-0.1, -0.05) is 17.3 Å². The van der Waals surface area contributed by atoms with E-state index in [-0.39, 0.29) is 23.7 Å². The van der Waals surface area contributed by atoms with Crippen LogP contribution >= 0.6 is 0 Å². The number of carbonyl (C=O) groups is 2. The first-order valence-corrected chi connectivity index (χ1v) is 6.02. The topological polar surface area (TPSA) is 110 Å². The molecule has 2 N–H and O–H groups in total. The van der Waals surface area contributed by atoms with Crippen molar-refractivity contribution in [3.05, 3.63) is 12.2 Å². The first-order chi connectivity index (χ1) is 9.06. The van der Waals surface area contributed by atoms with Gasteiger partial charge in [0.2, 0.25) is 5.91 Å². The Balaban J connectivity index is 1.79. The molecule has 2 aliphatic carbocycles. The van der Waals surface area contributed by atoms with Gasteiger partial charge in [-0.15, -0.1) is 5.10 Å². The van der Waals surface area contributed by atoms with Gasteiger partial charge in [-0.05, 0) is 23.5 Å². The fourth-order valence-corrected chi connectivity index (χ4v) is 3.04. The Morgan fingerprint density at radius 1 is 1.37 bits per heavy atom. The van der Waals surface area contributed by atoms with Crippen LogP contribution in [0.2, 0.25) is 0 Å². The van der Waals surface area contributed by atoms with Crippen LogP contribution in [0.3, 0.4) is 0 Å². The number of nitrogens with zero attached hydrogens (tertiary/aromatic N) is 4. The average molecular weight is 263 g/mol. The molecule has 8 nitrogen and oxygen atoms in total. The van der Waals surface area contributed by atoms with Gasteiger partial charge in [0.05, 0.1) is 18.9 Å². The summed E-state index contributed by atoms with van der Waals surface area (Å²) in [7, 11) is 1.59. The minimum absolute atomic E-state index is 0.0113. The second-order valence-electron chi connectivity index (χ2n) is 4.93. The number of amides is 1. The molecule has 100 valence electrons. The molecule has 19 heavy (non-hydrogen) atoms. The van der Waals surface area contributed by atoms with E-state index in [0.29, 0.717) is 0 Å². The number of allylic oxidation sites excluding steroid dienone is 2. The summed E-state index contributed by atoms with van der Waals surface area (Å²) in [6, 6.07) is 0. The monoisotopic (exact) mass is 263 g/mol. The predicted octanol–water partition coefficient (Wildman–Crippen LogP) is -0.329. The van der Waals surface area contributed by atoms with Crippen LogP contribution in [0.1, 0.15) is 6.42 Å². The zero-order valence-corrected chi connectivity index (χ0v) is 10.2. The fraction of sp³-hybridized carbons (Fsp3) is 0.545. The molecule has 4 atom stereocenters. The third-order valence-electron chi connectivity index (χ3n) is 3.79. The van der Waals surface area contributed by atoms with E-state index < -0.39 is 17.8 Å². The average Bonchev–Trinajstić information content (AvgIpc) is 3.03. The van der Waals surface area contributed by atoms with Crippen LogP contribution in [0.4, 0.5) is 5.95 Å². The van der Waals surface area contributed by atoms with E-state index in [1.807, 2.05) is 12.2 Å². The predicted molar refractivity (Wildman–Crippen MR) is 62.8 cm³/mol. The van der Waals surface area contributed by atoms with E-state index in [0.717, 1.165) is 6.42 Å². The van der Waals surface area contributed by atoms with E-state index in [9.17, 15) is 14.7 Å². The lowest BCUT2D eigenvalue weighted by atomic mass is 9.82. The highest BCUT2D eigenvalue weighted by molar-refractivity contribution is 5.95. The molecule has 0 spiro atoms. The lowest BCUT2D eigenvalue weighted by Crippen LogP contribution is -2.36. The molecule has 1 aromatic rings. The van der Waals surface area contributed by atoms with Crippen molar-refractivity contribution in [1.82, 2.24) is 20.2 Å². The number of hydrogen-bond acceptors (Lipinski definition) is 5. The molecule has 0 saturated heterocycles. The number of hydrogen-bond donors (Lipinski definition) is 2. The minimum Gasteiger partial charge on any atom is -0.481 e. The quantitative estimate of drug-likeness (QED) is 0.723. The number of fused-ring (bicyclic) bond motifs is 2. The van der Waals surface area contributed by atoms with Crippen LogP contribution < -0.4 is 5.32 Å². The summed E-state index contributed by atoms with van der Waals surface area (Å²) in [5.74, 6) is -2.46. The van der Waals surface area contributed by atoms with E-state index in [4.69, 9.17) is 0 Å². The highest BCUT2D eigenvalue weighted by Crippen LogP contribution is 2.48. The summed E-state index contributed by atoms with van der Waals surface area (Å²) < 4.78 is 0. The molecule has 0 aliphatic heterocycles. The van der Waals surface area contributed by atoms with E-state index in [1.54, 1.807) is 7.05 Å². The second-order valence-corrected chi connectivity index (χ2v) is 4.93. The third-order valence-corrected chi connectivity index (χ3v) is 3.79. The zero-order valence-electron chi connectivity index (χ0n) is 10.2. The zero-order chi connectivity index (χ0) is 13.6. The van der Waals surface area contributed by atoms with Crippen molar-refractivity contribution < 1.29 is 14.7 Å². The van der Waals surface area contributed by atoms with Gasteiger partial charge in [0.15, 0.2) is 0 Å². The molecular formula is C11H13N5O3. The van der Waals surface area contributed by atoms with Crippen molar-refractivity contribution in [3.8, 4) is 0 Å². The van der Waals surface area contributed by atoms with Gasteiger partial charge in [0.25, 0.3) is 5.95 Å². The Morgan fingerprint density at radius 3 is 2.63 bits per heavy atom. The smallest absolute Gasteiger partial charge is 0.307 e. The highest BCUT2D eigenvalue weighted by Gasteiger charge is 2.51. The van der Waals surface area contributed by atoms with E-state index in [1.165, 1.54) is 4.80 Å². The lowest BCUT2D eigenvalue weighted by molar-refractivity contribution is -0.146. The fourth-order valence-electron chi connectivity index (χ4n) is 3.04. The molecular weight excluding hydrogens is 250 g/mol. The molecule has 3 rings (SSSR count). The summed E-state index contributed by atoms with van der Waals surface area (Å²) in [6.07, 6.45) is 4.55. The number of aryl methyl sites for hydroxylation is 1. The Bertz CT molecular complexity index is 566. The number of carboxylic acids is 1. The summed E-state index contributed by atoms with van der Waals surface area (Å²) in [4.78, 5) is 24.7. The molecule has 1 fully saturated rings. The van der Waals surface area contributed by atoms with Crippen LogP contribution in [-0.4, -0.2) is 37.2 Å². The van der Waals surface area contributed by atoms with Crippen LogP contribution in [0, 0.1) is 23.7 Å². The Labute approximate surface area is 108 Å². The third kappa shape index (κ3) is 1.88. The van der Waals surface area contributed by atoms with Crippen molar-refractivity contribution in [2.24, 2.45) is 30.7 Å². The highest BCUT2D eigenvalue weighted by atomic mass is 16.4. The number of aliphatic carboxylic acids is 1. The maximum absolute atomic E-state index is 12.2. The standard InChI is InChI=1S/C11H13N5O3/c1-16-14-11(13-15-16)12-9(17)7-5-2-3-6(4-5)8(7)10(18)19/h2-3,5-8H,4H2,1H3,(H,18,19)(H,12,14,17)/t5?,6?,7-,8+/m0/s1. The Kier molecular flexibility index (Phi) is 2.58. The number of nitrogens with one attached hydrogen (secondary N) is 1. The minimum atomic E-state index is -0.927. The van der Waals surface area contributed by atoms with Crippen LogP contribution in [0.5, 0.6) is 0 Å². The second kappa shape index (κ2) is 4.15. The largest absolute Gasteiger partial charge is 0.481 e. The number of carboxylic acid groups (broad SMARTS) is 1. The summed E-state index contributed by atoms with van der Waals surface area (Å²) in [6.45, 7) is 0. The summed E-state index contributed by atoms with van der Waals surface area (Å²) in [5.41, 5.74) is 0. The first kappa shape index (κ1) is 11.8. The van der Waals surface area contributed by atoms with Gasteiger partial charge in [0, 0.05) is 0 Å². The molecule has 1 amide bonds. The van der Waals surface area contributed by atoms with Crippen LogP contribution in [0.25, 0.3) is 0 Å². The molecule has 0 aromatic carbocycles. The lowest BCUT2D eigenvalue weighted by Gasteiger charge is -2.22. The number of anilines is 1. The molecule has 1 saturated carbocycles. The van der Waals surface area contributed by atoms with E-state index in [2.05, 4.69) is 20.7 Å². The van der Waals surface area contributed by atoms with E-state index >= 15 is 0 Å². The number of tetrazole rings is 1. The SMILES string of the molecule is Cn1nnc(NC(=O)[C@H]2C3C=CC(C3)[C@H]2C(=O)O)n1. The van der Waals surface area contributed by atoms with Gasteiger partial charge in [-0.3, -0.25) is 14.9 Å². The van der Waals surface area contributed by atoms with Gasteiger partial charge in [-0.25, -0.2) is 0 Å². The summed E-state index contributed by atoms with van der Waals surface area (Å²) in [5, 5.41) is 22.9. The molecule has 1 aromatic heterocycles. The molecule has 2 unspecified atom stereocenters. The van der Waals surface area contributed by atoms with Crippen molar-refractivity contribution in [2.75, 3.05) is 5.32 Å². The van der Waals surface area contributed by atoms with Crippen LogP contribution in [0.15, 0.2) is 12.2 Å². The maximum Gasteiger partial charge on any atom is 0.307 e. The van der Waals surface area contributed by atoms with Gasteiger partial charge in [0.1, 0.15) is 0 Å². The summed E-state index contributed by atoms with van der Waals surface area (Å²) >= 11 is 0. The van der Waals surface area contributed by atoms with Crippen molar-refractivity contribution in [1.29, 1.82) is 0 Å². The normalized spacial score (nSPS) is 31.6. The molecule has 2 bridgehead atoms. The number of carbonyl (C=O) groups excluding carboxylic acids is 1. The van der Waals surface area contributed by atoms with Crippen molar-refractivity contribution in [2.45, 2.75) is 6.42 Å². The first-order valence-electron chi connectivity index (χ1n) is 6.02. The Morgan fingerprint density at radius 2 is 2.05 bits per heavy atom. The maximum atomic E-state index is 12.2. The van der Waals surface area contributed by atoms with Gasteiger partial charge < -0.3 is 5.11 Å². The molecule has 8 heteroatoms. The molecule has 0 radical (unpaired) electrons. The van der Waals surface area contributed by atoms with Crippen molar-refractivity contribution >= 4 is 17.8 Å². The van der Waals surface area contributed by atoms with Gasteiger partial charge >= 0.3 is 5.97 Å². The van der Waals surface area contributed by atoms with Gasteiger partial charge in [-0.2, -0.15) is 4.80 Å². The number of rotatable bonds is 3. The number of aromatic nitrogens is 4.